The Kier molecular flexibility index (Phi) is 7.10. The fraction of sp³-hybridized carbons (Fsp3) is 0.360. The number of furan rings is 1. The lowest BCUT2D eigenvalue weighted by Crippen LogP contribution is -2.50. The number of benzene rings is 1. The van der Waals surface area contributed by atoms with Gasteiger partial charge in [0.15, 0.2) is 5.76 Å². The summed E-state index contributed by atoms with van der Waals surface area (Å²) in [6.45, 7) is 0. The smallest absolute Gasteiger partial charge is 0.287 e. The van der Waals surface area contributed by atoms with Gasteiger partial charge in [-0.05, 0) is 55.2 Å². The highest BCUT2D eigenvalue weighted by atomic mass is 16.4. The lowest BCUT2D eigenvalue weighted by molar-refractivity contribution is -0.124. The number of nitrogens with zero attached hydrogens (tertiary/aromatic N) is 2. The number of rotatable bonds is 7. The summed E-state index contributed by atoms with van der Waals surface area (Å²) >= 11 is 0. The van der Waals surface area contributed by atoms with Gasteiger partial charge in [0, 0.05) is 31.5 Å². The van der Waals surface area contributed by atoms with Crippen molar-refractivity contribution in [3.63, 3.8) is 0 Å². The summed E-state index contributed by atoms with van der Waals surface area (Å²) in [5.41, 5.74) is 1.70. The largest absolute Gasteiger partial charge is 0.451 e. The molecule has 0 spiro atoms. The quantitative estimate of drug-likeness (QED) is 0.497. The standard InChI is InChI=1S/C25H29N5O4/c1-26-25(33)22(17-6-4-3-5-7-17)29-24(32)21-13-12-20(34-21)16-8-10-18(11-9-16)28-23(31)19-14-30(2)15-27-19/h8-15,17,22H,3-7H2,1-2H3,(H,26,33)(H,28,31)(H,29,32). The maximum atomic E-state index is 12.8. The molecule has 3 amide bonds. The van der Waals surface area contributed by atoms with Gasteiger partial charge in [0.25, 0.3) is 11.8 Å². The van der Waals surface area contributed by atoms with Crippen molar-refractivity contribution in [3.8, 4) is 11.3 Å². The van der Waals surface area contributed by atoms with Crippen LogP contribution in [0.4, 0.5) is 5.69 Å². The molecule has 0 saturated heterocycles. The normalized spacial score (nSPS) is 14.9. The third-order valence-electron chi connectivity index (χ3n) is 6.13. The molecule has 34 heavy (non-hydrogen) atoms. The number of aryl methyl sites for hydroxylation is 1. The molecule has 1 saturated carbocycles. The first-order chi connectivity index (χ1) is 16.4. The van der Waals surface area contributed by atoms with Crippen LogP contribution in [0.5, 0.6) is 0 Å². The number of likely N-dealkylation sites (N-methyl/N-ethyl adjacent to an activating group) is 1. The van der Waals surface area contributed by atoms with Crippen LogP contribution in [-0.4, -0.2) is 40.4 Å². The minimum Gasteiger partial charge on any atom is -0.451 e. The van der Waals surface area contributed by atoms with E-state index in [-0.39, 0.29) is 23.5 Å². The van der Waals surface area contributed by atoms with Gasteiger partial charge in [0.1, 0.15) is 17.5 Å². The fourth-order valence-electron chi connectivity index (χ4n) is 4.29. The molecule has 1 atom stereocenters. The number of amides is 3. The van der Waals surface area contributed by atoms with E-state index in [9.17, 15) is 14.4 Å². The molecule has 0 bridgehead atoms. The number of nitrogens with one attached hydrogen (secondary N) is 3. The van der Waals surface area contributed by atoms with Crippen LogP contribution >= 0.6 is 0 Å². The molecule has 1 aliphatic rings. The molecular weight excluding hydrogens is 434 g/mol. The van der Waals surface area contributed by atoms with Crippen molar-refractivity contribution < 1.29 is 18.8 Å². The Bertz CT molecular complexity index is 1160. The molecular formula is C25H29N5O4. The molecule has 1 fully saturated rings. The highest BCUT2D eigenvalue weighted by Crippen LogP contribution is 2.28. The monoisotopic (exact) mass is 463 g/mol. The summed E-state index contributed by atoms with van der Waals surface area (Å²) in [6.07, 6.45) is 8.35. The van der Waals surface area contributed by atoms with Gasteiger partial charge >= 0.3 is 0 Å². The minimum atomic E-state index is -0.576. The number of hydrogen-bond acceptors (Lipinski definition) is 5. The van der Waals surface area contributed by atoms with E-state index in [2.05, 4.69) is 20.9 Å². The highest BCUT2D eigenvalue weighted by molar-refractivity contribution is 6.02. The Morgan fingerprint density at radius 2 is 1.76 bits per heavy atom. The van der Waals surface area contributed by atoms with Gasteiger partial charge in [-0.1, -0.05) is 19.3 Å². The van der Waals surface area contributed by atoms with Crippen LogP contribution in [0, 0.1) is 5.92 Å². The van der Waals surface area contributed by atoms with E-state index < -0.39 is 11.9 Å². The van der Waals surface area contributed by atoms with Crippen molar-refractivity contribution in [3.05, 3.63) is 60.4 Å². The Hall–Kier alpha value is -3.88. The van der Waals surface area contributed by atoms with E-state index in [1.807, 2.05) is 0 Å². The number of aromatic nitrogens is 2. The second-order valence-electron chi connectivity index (χ2n) is 8.58. The molecule has 3 aromatic rings. The molecule has 9 heteroatoms. The van der Waals surface area contributed by atoms with Crippen molar-refractivity contribution in [1.82, 2.24) is 20.2 Å². The maximum Gasteiger partial charge on any atom is 0.287 e. The maximum absolute atomic E-state index is 12.8. The second kappa shape index (κ2) is 10.4. The van der Waals surface area contributed by atoms with Gasteiger partial charge < -0.3 is 24.9 Å². The lowest BCUT2D eigenvalue weighted by atomic mass is 9.83. The Morgan fingerprint density at radius 1 is 1.03 bits per heavy atom. The van der Waals surface area contributed by atoms with E-state index in [0.717, 1.165) is 37.7 Å². The molecule has 0 aliphatic heterocycles. The summed E-state index contributed by atoms with van der Waals surface area (Å²) in [6, 6.07) is 9.84. The Labute approximate surface area is 197 Å². The van der Waals surface area contributed by atoms with Crippen LogP contribution in [0.2, 0.25) is 0 Å². The van der Waals surface area contributed by atoms with Gasteiger partial charge in [-0.2, -0.15) is 0 Å². The summed E-state index contributed by atoms with van der Waals surface area (Å²) < 4.78 is 7.49. The number of carbonyl (C=O) groups excluding carboxylic acids is 3. The van der Waals surface area contributed by atoms with E-state index in [1.165, 1.54) is 0 Å². The van der Waals surface area contributed by atoms with Crippen LogP contribution in [0.1, 0.15) is 53.1 Å². The molecule has 1 unspecified atom stereocenters. The molecule has 2 heterocycles. The molecule has 178 valence electrons. The van der Waals surface area contributed by atoms with Crippen LogP contribution in [0.3, 0.4) is 0 Å². The summed E-state index contributed by atoms with van der Waals surface area (Å²) in [4.78, 5) is 41.5. The van der Waals surface area contributed by atoms with Crippen LogP contribution in [-0.2, 0) is 11.8 Å². The molecule has 4 rings (SSSR count). The van der Waals surface area contributed by atoms with Crippen LogP contribution in [0.15, 0.2) is 53.3 Å². The molecule has 0 radical (unpaired) electrons. The van der Waals surface area contributed by atoms with E-state index >= 15 is 0 Å². The van der Waals surface area contributed by atoms with E-state index in [4.69, 9.17) is 4.42 Å². The summed E-state index contributed by atoms with van der Waals surface area (Å²) in [5, 5.41) is 8.32. The molecule has 9 nitrogen and oxygen atoms in total. The summed E-state index contributed by atoms with van der Waals surface area (Å²) in [7, 11) is 3.38. The zero-order chi connectivity index (χ0) is 24.1. The predicted molar refractivity (Wildman–Crippen MR) is 127 cm³/mol. The first-order valence-corrected chi connectivity index (χ1v) is 11.5. The number of imidazole rings is 1. The minimum absolute atomic E-state index is 0.126. The van der Waals surface area contributed by atoms with Crippen LogP contribution < -0.4 is 16.0 Å². The van der Waals surface area contributed by atoms with Crippen molar-refractivity contribution in [2.24, 2.45) is 13.0 Å². The number of carbonyl (C=O) groups is 3. The topological polar surface area (TPSA) is 118 Å². The third-order valence-corrected chi connectivity index (χ3v) is 6.13. The first kappa shape index (κ1) is 23.3. The van der Waals surface area contributed by atoms with Gasteiger partial charge in [0.05, 0.1) is 6.33 Å². The van der Waals surface area contributed by atoms with Gasteiger partial charge in [0.2, 0.25) is 5.91 Å². The SMILES string of the molecule is CNC(=O)C(NC(=O)c1ccc(-c2ccc(NC(=O)c3cn(C)cn3)cc2)o1)C1CCCCC1. The summed E-state index contributed by atoms with van der Waals surface area (Å²) in [5.74, 6) is -0.107. The van der Waals surface area contributed by atoms with Gasteiger partial charge in [-0.3, -0.25) is 14.4 Å². The zero-order valence-corrected chi connectivity index (χ0v) is 19.3. The van der Waals surface area contributed by atoms with E-state index in [1.54, 1.807) is 67.6 Å². The third kappa shape index (κ3) is 5.36. The van der Waals surface area contributed by atoms with Crippen molar-refractivity contribution in [2.75, 3.05) is 12.4 Å². The average molecular weight is 464 g/mol. The fourth-order valence-corrected chi connectivity index (χ4v) is 4.29. The van der Waals surface area contributed by atoms with E-state index in [0.29, 0.717) is 17.1 Å². The van der Waals surface area contributed by atoms with Crippen molar-refractivity contribution in [2.45, 2.75) is 38.1 Å². The zero-order valence-electron chi connectivity index (χ0n) is 19.3. The van der Waals surface area contributed by atoms with Crippen molar-refractivity contribution in [1.29, 1.82) is 0 Å². The molecule has 2 aromatic heterocycles. The second-order valence-corrected chi connectivity index (χ2v) is 8.58. The molecule has 1 aromatic carbocycles. The highest BCUT2D eigenvalue weighted by Gasteiger charge is 2.31. The molecule has 1 aliphatic carbocycles. The lowest BCUT2D eigenvalue weighted by Gasteiger charge is -2.29. The molecule has 3 N–H and O–H groups in total. The average Bonchev–Trinajstić information content (AvgIpc) is 3.53. The number of anilines is 1. The predicted octanol–water partition coefficient (Wildman–Crippen LogP) is 3.36. The van der Waals surface area contributed by atoms with Gasteiger partial charge in [-0.15, -0.1) is 0 Å². The number of hydrogen-bond donors (Lipinski definition) is 3. The van der Waals surface area contributed by atoms with Crippen LogP contribution in [0.25, 0.3) is 11.3 Å². The van der Waals surface area contributed by atoms with Gasteiger partial charge in [-0.25, -0.2) is 4.98 Å². The van der Waals surface area contributed by atoms with Crippen molar-refractivity contribution >= 4 is 23.4 Å². The Balaban J connectivity index is 1.41. The Morgan fingerprint density at radius 3 is 2.41 bits per heavy atom. The first-order valence-electron chi connectivity index (χ1n) is 11.5.